The highest BCUT2D eigenvalue weighted by Crippen LogP contribution is 2.30. The molecule has 3 heteroatoms. The molecule has 1 aliphatic carbocycles. The topological polar surface area (TPSA) is 42.4 Å². The predicted molar refractivity (Wildman–Crippen MR) is 76.2 cm³/mol. The maximum Gasteiger partial charge on any atom is 0.214 e. The van der Waals surface area contributed by atoms with E-state index in [0.717, 1.165) is 24.1 Å². The van der Waals surface area contributed by atoms with Crippen molar-refractivity contribution in [1.82, 2.24) is 4.98 Å². The smallest absolute Gasteiger partial charge is 0.214 e. The first-order valence-corrected chi connectivity index (χ1v) is 7.54. The van der Waals surface area contributed by atoms with Crippen LogP contribution in [0, 0.1) is 5.92 Å². The molecule has 1 aromatic heterocycles. The van der Waals surface area contributed by atoms with Gasteiger partial charge >= 0.3 is 0 Å². The molecule has 1 aliphatic rings. The molecule has 0 spiro atoms. The summed E-state index contributed by atoms with van der Waals surface area (Å²) in [4.78, 5) is 4.53. The fourth-order valence-corrected chi connectivity index (χ4v) is 2.90. The highest BCUT2D eigenvalue weighted by molar-refractivity contribution is 5.25. The van der Waals surface area contributed by atoms with Crippen molar-refractivity contribution in [3.8, 4) is 5.88 Å². The Balaban J connectivity index is 2.12. The van der Waals surface area contributed by atoms with E-state index in [-0.39, 0.29) is 6.61 Å². The molecular formula is C16H25NO2. The van der Waals surface area contributed by atoms with Gasteiger partial charge in [-0.2, -0.15) is 0 Å². The van der Waals surface area contributed by atoms with E-state index >= 15 is 0 Å². The van der Waals surface area contributed by atoms with Gasteiger partial charge in [0, 0.05) is 11.8 Å². The van der Waals surface area contributed by atoms with Crippen LogP contribution in [0.25, 0.3) is 0 Å². The van der Waals surface area contributed by atoms with Gasteiger partial charge < -0.3 is 9.84 Å². The van der Waals surface area contributed by atoms with E-state index < -0.39 is 0 Å². The Morgan fingerprint density at radius 2 is 2.05 bits per heavy atom. The second-order valence-corrected chi connectivity index (χ2v) is 5.43. The predicted octanol–water partition coefficient (Wildman–Crippen LogP) is 3.48. The molecule has 2 unspecified atom stereocenters. The normalized spacial score (nSPS) is 23.3. The molecule has 1 saturated carbocycles. The zero-order chi connectivity index (χ0) is 13.7. The van der Waals surface area contributed by atoms with Crippen molar-refractivity contribution in [2.45, 2.75) is 65.1 Å². The summed E-state index contributed by atoms with van der Waals surface area (Å²) in [7, 11) is 0. The Bertz CT molecular complexity index is 383. The average Bonchev–Trinajstić information content (AvgIpc) is 2.47. The first kappa shape index (κ1) is 14.3. The van der Waals surface area contributed by atoms with Crippen LogP contribution in [0.5, 0.6) is 5.88 Å². The van der Waals surface area contributed by atoms with Crippen molar-refractivity contribution in [3.05, 3.63) is 23.4 Å². The molecule has 1 heterocycles. The Morgan fingerprint density at radius 1 is 1.26 bits per heavy atom. The minimum Gasteiger partial charge on any atom is -0.474 e. The molecule has 2 rings (SSSR count). The van der Waals surface area contributed by atoms with Gasteiger partial charge in [0.1, 0.15) is 6.10 Å². The highest BCUT2D eigenvalue weighted by atomic mass is 16.5. The first-order valence-electron chi connectivity index (χ1n) is 7.54. The van der Waals surface area contributed by atoms with Gasteiger partial charge in [-0.1, -0.05) is 20.3 Å². The number of rotatable bonds is 5. The zero-order valence-corrected chi connectivity index (χ0v) is 12.1. The van der Waals surface area contributed by atoms with Gasteiger partial charge in [0.25, 0.3) is 0 Å². The summed E-state index contributed by atoms with van der Waals surface area (Å²) >= 11 is 0. The lowest BCUT2D eigenvalue weighted by molar-refractivity contribution is 0.0854. The van der Waals surface area contributed by atoms with Crippen LogP contribution in [-0.4, -0.2) is 16.2 Å². The molecule has 19 heavy (non-hydrogen) atoms. The fourth-order valence-electron chi connectivity index (χ4n) is 2.90. The first-order chi connectivity index (χ1) is 9.26. The minimum absolute atomic E-state index is 0.0494. The number of hydrogen-bond acceptors (Lipinski definition) is 3. The van der Waals surface area contributed by atoms with Crippen LogP contribution in [0.4, 0.5) is 0 Å². The Morgan fingerprint density at radius 3 is 2.74 bits per heavy atom. The van der Waals surface area contributed by atoms with E-state index in [1.54, 1.807) is 0 Å². The summed E-state index contributed by atoms with van der Waals surface area (Å²) in [5.74, 6) is 1.34. The van der Waals surface area contributed by atoms with Crippen molar-refractivity contribution in [3.63, 3.8) is 0 Å². The van der Waals surface area contributed by atoms with Gasteiger partial charge in [-0.3, -0.25) is 0 Å². The second-order valence-electron chi connectivity index (χ2n) is 5.43. The molecule has 0 bridgehead atoms. The third-order valence-electron chi connectivity index (χ3n) is 4.10. The van der Waals surface area contributed by atoms with Gasteiger partial charge in [-0.25, -0.2) is 4.98 Å². The van der Waals surface area contributed by atoms with Crippen LogP contribution in [0.1, 0.15) is 57.2 Å². The van der Waals surface area contributed by atoms with Crippen molar-refractivity contribution in [2.24, 2.45) is 5.92 Å². The molecule has 0 amide bonds. The van der Waals surface area contributed by atoms with Crippen LogP contribution >= 0.6 is 0 Å². The number of ether oxygens (including phenoxy) is 1. The van der Waals surface area contributed by atoms with E-state index in [1.165, 1.54) is 25.7 Å². The number of nitrogens with zero attached hydrogens (tertiary/aromatic N) is 1. The van der Waals surface area contributed by atoms with Crippen molar-refractivity contribution < 1.29 is 9.84 Å². The van der Waals surface area contributed by atoms with E-state index in [4.69, 9.17) is 4.74 Å². The van der Waals surface area contributed by atoms with Gasteiger partial charge in [0.15, 0.2) is 0 Å². The minimum atomic E-state index is 0.0494. The molecule has 0 aromatic carbocycles. The molecule has 1 N–H and O–H groups in total. The number of pyridine rings is 1. The van der Waals surface area contributed by atoms with Crippen LogP contribution in [0.2, 0.25) is 0 Å². The number of aryl methyl sites for hydroxylation is 1. The van der Waals surface area contributed by atoms with E-state index in [1.807, 2.05) is 12.1 Å². The van der Waals surface area contributed by atoms with Crippen LogP contribution in [0.3, 0.4) is 0 Å². The summed E-state index contributed by atoms with van der Waals surface area (Å²) in [5, 5.41) is 9.30. The van der Waals surface area contributed by atoms with Crippen molar-refractivity contribution >= 4 is 0 Å². The summed E-state index contributed by atoms with van der Waals surface area (Å²) < 4.78 is 6.12. The Kier molecular flexibility index (Phi) is 5.20. The summed E-state index contributed by atoms with van der Waals surface area (Å²) in [6, 6.07) is 3.82. The third kappa shape index (κ3) is 3.69. The van der Waals surface area contributed by atoms with Crippen molar-refractivity contribution in [2.75, 3.05) is 0 Å². The molecule has 3 nitrogen and oxygen atoms in total. The maximum atomic E-state index is 9.30. The van der Waals surface area contributed by atoms with Gasteiger partial charge in [0.05, 0.1) is 6.61 Å². The largest absolute Gasteiger partial charge is 0.474 e. The molecule has 0 radical (unpaired) electrons. The second kappa shape index (κ2) is 6.90. The van der Waals surface area contributed by atoms with Crippen LogP contribution in [-0.2, 0) is 13.0 Å². The van der Waals surface area contributed by atoms with E-state index in [0.29, 0.717) is 17.9 Å². The molecule has 1 aromatic rings. The molecule has 0 saturated heterocycles. The molecular weight excluding hydrogens is 238 g/mol. The number of aliphatic hydroxyl groups excluding tert-OH is 1. The van der Waals surface area contributed by atoms with Crippen molar-refractivity contribution in [1.29, 1.82) is 0 Å². The Hall–Kier alpha value is -1.09. The van der Waals surface area contributed by atoms with E-state index in [9.17, 15) is 5.11 Å². The number of hydrogen-bond donors (Lipinski definition) is 1. The summed E-state index contributed by atoms with van der Waals surface area (Å²) in [5.41, 5.74) is 1.89. The Labute approximate surface area is 116 Å². The zero-order valence-electron chi connectivity index (χ0n) is 12.1. The average molecular weight is 263 g/mol. The van der Waals surface area contributed by atoms with E-state index in [2.05, 4.69) is 18.8 Å². The lowest BCUT2D eigenvalue weighted by atomic mass is 9.85. The monoisotopic (exact) mass is 263 g/mol. The van der Waals surface area contributed by atoms with Gasteiger partial charge in [-0.05, 0) is 49.7 Å². The van der Waals surface area contributed by atoms with Crippen LogP contribution in [0.15, 0.2) is 12.1 Å². The highest BCUT2D eigenvalue weighted by Gasteiger charge is 2.25. The molecule has 1 fully saturated rings. The summed E-state index contributed by atoms with van der Waals surface area (Å²) in [6.07, 6.45) is 7.30. The third-order valence-corrected chi connectivity index (χ3v) is 4.10. The van der Waals surface area contributed by atoms with Gasteiger partial charge in [-0.15, -0.1) is 0 Å². The lowest BCUT2D eigenvalue weighted by Gasteiger charge is -2.31. The molecule has 2 atom stereocenters. The van der Waals surface area contributed by atoms with Gasteiger partial charge in [0.2, 0.25) is 5.88 Å². The number of aromatic nitrogens is 1. The summed E-state index contributed by atoms with van der Waals surface area (Å²) in [6.45, 7) is 4.36. The SMILES string of the molecule is CCc1cc(CO)cc(OC2CCCCC2CC)n1. The van der Waals surface area contributed by atoms with Crippen LogP contribution < -0.4 is 4.74 Å². The quantitative estimate of drug-likeness (QED) is 0.884. The number of aliphatic hydroxyl groups is 1. The molecule has 106 valence electrons. The lowest BCUT2D eigenvalue weighted by Crippen LogP contribution is -2.30. The molecule has 0 aliphatic heterocycles. The maximum absolute atomic E-state index is 9.30. The standard InChI is InChI=1S/C16H25NO2/c1-3-13-7-5-6-8-15(13)19-16-10-12(11-18)9-14(4-2)17-16/h9-10,13,15,18H,3-8,11H2,1-2H3. The fraction of sp³-hybridized carbons (Fsp3) is 0.688.